The van der Waals surface area contributed by atoms with E-state index in [1.54, 1.807) is 20.8 Å². The second kappa shape index (κ2) is 6.67. The third-order valence-electron chi connectivity index (χ3n) is 3.76. The van der Waals surface area contributed by atoms with Crippen molar-refractivity contribution in [2.75, 3.05) is 0 Å². The van der Waals surface area contributed by atoms with Gasteiger partial charge in [-0.25, -0.2) is 0 Å². The van der Waals surface area contributed by atoms with Gasteiger partial charge in [-0.3, -0.25) is 14.4 Å². The fraction of sp³-hybridized carbons (Fsp3) is 0.812. The van der Waals surface area contributed by atoms with Gasteiger partial charge < -0.3 is 15.2 Å². The molecule has 0 radical (unpaired) electrons. The van der Waals surface area contributed by atoms with Crippen LogP contribution in [0.15, 0.2) is 0 Å². The van der Waals surface area contributed by atoms with Gasteiger partial charge in [-0.2, -0.15) is 0 Å². The highest BCUT2D eigenvalue weighted by molar-refractivity contribution is 5.86. The molecule has 1 aliphatic carbocycles. The molecule has 6 nitrogen and oxygen atoms in total. The third kappa shape index (κ3) is 5.66. The number of hydrogen-bond acceptors (Lipinski definition) is 4. The summed E-state index contributed by atoms with van der Waals surface area (Å²) in [5, 5.41) is 11.8. The van der Waals surface area contributed by atoms with Gasteiger partial charge in [-0.05, 0) is 53.9 Å². The van der Waals surface area contributed by atoms with E-state index in [1.165, 1.54) is 0 Å². The molecule has 6 heteroatoms. The van der Waals surface area contributed by atoms with E-state index in [-0.39, 0.29) is 18.3 Å². The first-order chi connectivity index (χ1) is 9.91. The first-order valence-electron chi connectivity index (χ1n) is 7.68. The number of carboxylic acids is 1. The van der Waals surface area contributed by atoms with E-state index in [0.29, 0.717) is 19.3 Å². The molecule has 1 rings (SSSR count). The van der Waals surface area contributed by atoms with E-state index in [4.69, 9.17) is 9.84 Å². The number of aliphatic carboxylic acids is 1. The molecule has 1 fully saturated rings. The maximum atomic E-state index is 12.1. The van der Waals surface area contributed by atoms with Gasteiger partial charge in [-0.15, -0.1) is 0 Å². The van der Waals surface area contributed by atoms with Gasteiger partial charge >= 0.3 is 11.9 Å². The fourth-order valence-electron chi connectivity index (χ4n) is 2.41. The van der Waals surface area contributed by atoms with Crippen molar-refractivity contribution in [3.8, 4) is 0 Å². The van der Waals surface area contributed by atoms with Crippen LogP contribution in [0, 0.1) is 11.8 Å². The fourth-order valence-corrected chi connectivity index (χ4v) is 2.41. The molecule has 0 aromatic carbocycles. The second-order valence-electron chi connectivity index (χ2n) is 7.59. The highest BCUT2D eigenvalue weighted by atomic mass is 16.6. The number of amides is 1. The van der Waals surface area contributed by atoms with E-state index in [2.05, 4.69) is 5.32 Å². The van der Waals surface area contributed by atoms with E-state index in [9.17, 15) is 14.4 Å². The number of hydrogen-bond donors (Lipinski definition) is 2. The van der Waals surface area contributed by atoms with Crippen LogP contribution in [0.2, 0.25) is 0 Å². The lowest BCUT2D eigenvalue weighted by Gasteiger charge is -2.35. The maximum absolute atomic E-state index is 12.1. The molecule has 0 saturated heterocycles. The lowest BCUT2D eigenvalue weighted by atomic mass is 9.73. The van der Waals surface area contributed by atoms with Crippen LogP contribution in [0.25, 0.3) is 0 Å². The Hall–Kier alpha value is -1.59. The number of carbonyl (C=O) groups is 3. The molecule has 1 aliphatic rings. The van der Waals surface area contributed by atoms with E-state index in [0.717, 1.165) is 0 Å². The van der Waals surface area contributed by atoms with Gasteiger partial charge in [0.25, 0.3) is 0 Å². The van der Waals surface area contributed by atoms with Crippen LogP contribution in [-0.2, 0) is 19.1 Å². The van der Waals surface area contributed by atoms with Crippen molar-refractivity contribution in [2.24, 2.45) is 11.8 Å². The molecule has 22 heavy (non-hydrogen) atoms. The SMILES string of the molecule is CC(C)(CCC(=O)OC(C)(C)C)NC(=O)C1CCC1C(=O)O. The Kier molecular flexibility index (Phi) is 5.59. The van der Waals surface area contributed by atoms with Gasteiger partial charge in [-0.1, -0.05) is 0 Å². The largest absolute Gasteiger partial charge is 0.481 e. The summed E-state index contributed by atoms with van der Waals surface area (Å²) in [4.78, 5) is 34.8. The lowest BCUT2D eigenvalue weighted by Crippen LogP contribution is -2.51. The molecule has 0 spiro atoms. The highest BCUT2D eigenvalue weighted by Gasteiger charge is 2.42. The maximum Gasteiger partial charge on any atom is 0.307 e. The minimum atomic E-state index is -0.919. The number of carboxylic acid groups (broad SMARTS) is 1. The monoisotopic (exact) mass is 313 g/mol. The zero-order valence-corrected chi connectivity index (χ0v) is 14.1. The number of carbonyl (C=O) groups excluding carboxylic acids is 2. The Balaban J connectivity index is 2.45. The summed E-state index contributed by atoms with van der Waals surface area (Å²) < 4.78 is 5.24. The van der Waals surface area contributed by atoms with Crippen molar-refractivity contribution in [3.05, 3.63) is 0 Å². The summed E-state index contributed by atoms with van der Waals surface area (Å²) in [6, 6.07) is 0. The molecule has 2 N–H and O–H groups in total. The third-order valence-corrected chi connectivity index (χ3v) is 3.76. The average molecular weight is 313 g/mol. The minimum absolute atomic E-state index is 0.206. The number of nitrogens with one attached hydrogen (secondary N) is 1. The molecule has 0 bridgehead atoms. The normalized spacial score (nSPS) is 21.7. The molecule has 0 aromatic heterocycles. The lowest BCUT2D eigenvalue weighted by molar-refractivity contribution is -0.155. The summed E-state index contributed by atoms with van der Waals surface area (Å²) in [6.45, 7) is 9.06. The van der Waals surface area contributed by atoms with Crippen molar-refractivity contribution in [3.63, 3.8) is 0 Å². The highest BCUT2D eigenvalue weighted by Crippen LogP contribution is 2.35. The molecule has 1 amide bonds. The van der Waals surface area contributed by atoms with Crippen molar-refractivity contribution >= 4 is 17.8 Å². The van der Waals surface area contributed by atoms with Crippen LogP contribution in [0.5, 0.6) is 0 Å². The summed E-state index contributed by atoms with van der Waals surface area (Å²) in [5.74, 6) is -2.51. The minimum Gasteiger partial charge on any atom is -0.481 e. The summed E-state index contributed by atoms with van der Waals surface area (Å²) in [5.41, 5.74) is -1.10. The predicted octanol–water partition coefficient (Wildman–Crippen LogP) is 2.11. The van der Waals surface area contributed by atoms with Crippen LogP contribution in [0.3, 0.4) is 0 Å². The molecule has 1 saturated carbocycles. The number of esters is 1. The van der Waals surface area contributed by atoms with Crippen molar-refractivity contribution in [1.29, 1.82) is 0 Å². The smallest absolute Gasteiger partial charge is 0.307 e. The van der Waals surface area contributed by atoms with E-state index < -0.39 is 28.9 Å². The topological polar surface area (TPSA) is 92.7 Å². The zero-order chi connectivity index (χ0) is 17.1. The van der Waals surface area contributed by atoms with Gasteiger partial charge in [0.15, 0.2) is 0 Å². The molecular weight excluding hydrogens is 286 g/mol. The number of rotatable bonds is 6. The molecule has 0 heterocycles. The molecule has 2 atom stereocenters. The Morgan fingerprint density at radius 3 is 2.05 bits per heavy atom. The van der Waals surface area contributed by atoms with E-state index in [1.807, 2.05) is 13.8 Å². The van der Waals surface area contributed by atoms with Crippen LogP contribution in [0.4, 0.5) is 0 Å². The van der Waals surface area contributed by atoms with Gasteiger partial charge in [0.1, 0.15) is 5.60 Å². The summed E-state index contributed by atoms with van der Waals surface area (Å²) in [7, 11) is 0. The van der Waals surface area contributed by atoms with Crippen LogP contribution in [0.1, 0.15) is 60.3 Å². The molecule has 126 valence electrons. The Morgan fingerprint density at radius 1 is 1.09 bits per heavy atom. The standard InChI is InChI=1S/C16H27NO5/c1-15(2,3)22-12(18)8-9-16(4,5)17-13(19)10-6-7-11(10)14(20)21/h10-11H,6-9H2,1-5H3,(H,17,19)(H,20,21). The van der Waals surface area contributed by atoms with Crippen LogP contribution < -0.4 is 5.32 Å². The molecule has 0 aliphatic heterocycles. The van der Waals surface area contributed by atoms with Crippen LogP contribution in [-0.4, -0.2) is 34.1 Å². The first kappa shape index (κ1) is 18.5. The molecule has 0 aromatic rings. The Morgan fingerprint density at radius 2 is 1.64 bits per heavy atom. The summed E-state index contributed by atoms with van der Waals surface area (Å²) in [6.07, 6.45) is 1.80. The first-order valence-corrected chi connectivity index (χ1v) is 7.68. The Labute approximate surface area is 131 Å². The predicted molar refractivity (Wildman–Crippen MR) is 81.2 cm³/mol. The van der Waals surface area contributed by atoms with Crippen LogP contribution >= 0.6 is 0 Å². The van der Waals surface area contributed by atoms with Gasteiger partial charge in [0.2, 0.25) is 5.91 Å². The van der Waals surface area contributed by atoms with Crippen molar-refractivity contribution in [2.45, 2.75) is 71.4 Å². The quantitative estimate of drug-likeness (QED) is 0.733. The average Bonchev–Trinajstić information content (AvgIpc) is 2.20. The van der Waals surface area contributed by atoms with Gasteiger partial charge in [0, 0.05) is 12.0 Å². The van der Waals surface area contributed by atoms with Gasteiger partial charge in [0.05, 0.1) is 11.8 Å². The molecule has 2 unspecified atom stereocenters. The molecular formula is C16H27NO5. The van der Waals surface area contributed by atoms with Crippen molar-refractivity contribution < 1.29 is 24.2 Å². The summed E-state index contributed by atoms with van der Waals surface area (Å²) >= 11 is 0. The zero-order valence-electron chi connectivity index (χ0n) is 14.1. The Bertz CT molecular complexity index is 450. The number of ether oxygens (including phenoxy) is 1. The van der Waals surface area contributed by atoms with E-state index >= 15 is 0 Å². The van der Waals surface area contributed by atoms with Crippen molar-refractivity contribution in [1.82, 2.24) is 5.32 Å². The second-order valence-corrected chi connectivity index (χ2v) is 7.59.